The Balaban J connectivity index is 2.40. The molecule has 112 valence electrons. The van der Waals surface area contributed by atoms with Gasteiger partial charge in [-0.2, -0.15) is 0 Å². The van der Waals surface area contributed by atoms with Gasteiger partial charge in [-0.1, -0.05) is 48.0 Å². The lowest BCUT2D eigenvalue weighted by atomic mass is 9.95. The predicted octanol–water partition coefficient (Wildman–Crippen LogP) is 4.52. The Labute approximate surface area is 129 Å². The largest absolute Gasteiger partial charge is 0.372 e. The first kappa shape index (κ1) is 16.0. The van der Waals surface area contributed by atoms with Crippen molar-refractivity contribution < 1.29 is 9.13 Å². The minimum Gasteiger partial charge on any atom is -0.372 e. The second-order valence-electron chi connectivity index (χ2n) is 4.72. The quantitative estimate of drug-likeness (QED) is 0.847. The zero-order chi connectivity index (χ0) is 15.2. The summed E-state index contributed by atoms with van der Waals surface area (Å²) in [5.74, 6) is -0.331. The third-order valence-electron chi connectivity index (χ3n) is 3.39. The van der Waals surface area contributed by atoms with Crippen LogP contribution in [0.4, 0.5) is 4.39 Å². The summed E-state index contributed by atoms with van der Waals surface area (Å²) in [4.78, 5) is 0. The van der Waals surface area contributed by atoms with Gasteiger partial charge in [0, 0.05) is 17.2 Å². The van der Waals surface area contributed by atoms with Crippen molar-refractivity contribution in [3.8, 4) is 0 Å². The highest BCUT2D eigenvalue weighted by molar-refractivity contribution is 6.30. The van der Waals surface area contributed by atoms with E-state index in [1.54, 1.807) is 19.2 Å². The summed E-state index contributed by atoms with van der Waals surface area (Å²) in [5, 5.41) is 3.54. The van der Waals surface area contributed by atoms with Crippen LogP contribution in [0.3, 0.4) is 0 Å². The molecule has 2 atom stereocenters. The van der Waals surface area contributed by atoms with Gasteiger partial charge in [0.05, 0.1) is 6.04 Å². The Hall–Kier alpha value is -1.42. The molecule has 0 aromatic heterocycles. The number of hydrogen-bond acceptors (Lipinski definition) is 2. The van der Waals surface area contributed by atoms with Crippen molar-refractivity contribution in [3.05, 3.63) is 70.5 Å². The standard InChI is InChI=1S/C17H19ClFNO/c1-3-21-17(12-7-5-4-6-8-12)16(20-2)14-10-9-13(18)11-15(14)19/h4-11,16-17,20H,3H2,1-2H3. The monoisotopic (exact) mass is 307 g/mol. The first-order valence-corrected chi connectivity index (χ1v) is 7.34. The second kappa shape index (κ2) is 7.55. The van der Waals surface area contributed by atoms with Gasteiger partial charge in [-0.25, -0.2) is 4.39 Å². The van der Waals surface area contributed by atoms with Crippen LogP contribution in [0.2, 0.25) is 5.02 Å². The average Bonchev–Trinajstić information content (AvgIpc) is 2.50. The molecule has 0 amide bonds. The van der Waals surface area contributed by atoms with Gasteiger partial charge in [0.2, 0.25) is 0 Å². The SMILES string of the molecule is CCOC(c1ccccc1)C(NC)c1ccc(Cl)cc1F. The highest BCUT2D eigenvalue weighted by atomic mass is 35.5. The van der Waals surface area contributed by atoms with Crippen molar-refractivity contribution in [3.63, 3.8) is 0 Å². The Morgan fingerprint density at radius 1 is 1.19 bits per heavy atom. The fourth-order valence-electron chi connectivity index (χ4n) is 2.43. The smallest absolute Gasteiger partial charge is 0.129 e. The molecule has 2 aromatic carbocycles. The lowest BCUT2D eigenvalue weighted by Gasteiger charge is -2.28. The van der Waals surface area contributed by atoms with Crippen molar-refractivity contribution in [1.29, 1.82) is 0 Å². The van der Waals surface area contributed by atoms with Crippen molar-refractivity contribution in [2.45, 2.75) is 19.1 Å². The van der Waals surface area contributed by atoms with Crippen molar-refractivity contribution in [1.82, 2.24) is 5.32 Å². The lowest BCUT2D eigenvalue weighted by molar-refractivity contribution is 0.0338. The molecule has 1 N–H and O–H groups in total. The first-order chi connectivity index (χ1) is 10.2. The van der Waals surface area contributed by atoms with Crippen molar-refractivity contribution >= 4 is 11.6 Å². The molecule has 21 heavy (non-hydrogen) atoms. The summed E-state index contributed by atoms with van der Waals surface area (Å²) < 4.78 is 20.1. The molecule has 0 spiro atoms. The van der Waals surface area contributed by atoms with Gasteiger partial charge in [-0.3, -0.25) is 0 Å². The Kier molecular flexibility index (Phi) is 5.74. The van der Waals surface area contributed by atoms with Crippen LogP contribution in [0.5, 0.6) is 0 Å². The topological polar surface area (TPSA) is 21.3 Å². The zero-order valence-corrected chi connectivity index (χ0v) is 12.9. The van der Waals surface area contributed by atoms with Crippen molar-refractivity contribution in [2.24, 2.45) is 0 Å². The van der Waals surface area contributed by atoms with Gasteiger partial charge < -0.3 is 10.1 Å². The molecule has 0 bridgehead atoms. The number of ether oxygens (including phenoxy) is 1. The molecule has 0 saturated carbocycles. The maximum Gasteiger partial charge on any atom is 0.129 e. The van der Waals surface area contributed by atoms with E-state index in [2.05, 4.69) is 5.32 Å². The lowest BCUT2D eigenvalue weighted by Crippen LogP contribution is -2.26. The highest BCUT2D eigenvalue weighted by Crippen LogP contribution is 2.33. The molecule has 2 rings (SSSR count). The number of halogens is 2. The third kappa shape index (κ3) is 3.82. The van der Waals surface area contributed by atoms with E-state index < -0.39 is 0 Å². The van der Waals surface area contributed by atoms with Crippen LogP contribution in [0.15, 0.2) is 48.5 Å². The molecule has 2 unspecified atom stereocenters. The summed E-state index contributed by atoms with van der Waals surface area (Å²) in [7, 11) is 1.80. The normalized spacial score (nSPS) is 13.9. The van der Waals surface area contributed by atoms with Crippen LogP contribution in [-0.2, 0) is 4.74 Å². The van der Waals surface area contributed by atoms with E-state index in [1.807, 2.05) is 37.3 Å². The molecule has 0 fully saturated rings. The fourth-order valence-corrected chi connectivity index (χ4v) is 2.59. The molecular formula is C17H19ClFNO. The molecule has 4 heteroatoms. The molecule has 0 aliphatic carbocycles. The highest BCUT2D eigenvalue weighted by Gasteiger charge is 2.26. The maximum absolute atomic E-state index is 14.2. The minimum absolute atomic E-state index is 0.267. The van der Waals surface area contributed by atoms with Gasteiger partial charge >= 0.3 is 0 Å². The Morgan fingerprint density at radius 2 is 1.90 bits per heavy atom. The van der Waals surface area contributed by atoms with E-state index in [-0.39, 0.29) is 18.0 Å². The number of benzene rings is 2. The predicted molar refractivity (Wildman–Crippen MR) is 84.0 cm³/mol. The molecule has 2 aromatic rings. The van der Waals surface area contributed by atoms with E-state index >= 15 is 0 Å². The molecule has 0 saturated heterocycles. The van der Waals surface area contributed by atoms with Gasteiger partial charge in [-0.05, 0) is 31.7 Å². The summed E-state index contributed by atoms with van der Waals surface area (Å²) in [5.41, 5.74) is 1.55. The van der Waals surface area contributed by atoms with E-state index in [9.17, 15) is 4.39 Å². The minimum atomic E-state index is -0.331. The molecule has 0 aliphatic rings. The van der Waals surface area contributed by atoms with Crippen LogP contribution in [0.1, 0.15) is 30.2 Å². The summed E-state index contributed by atoms with van der Waals surface area (Å²) >= 11 is 5.83. The number of nitrogens with one attached hydrogen (secondary N) is 1. The van der Waals surface area contributed by atoms with E-state index in [1.165, 1.54) is 6.07 Å². The Morgan fingerprint density at radius 3 is 2.48 bits per heavy atom. The Bertz CT molecular complexity index is 576. The van der Waals surface area contributed by atoms with Gasteiger partial charge in [0.15, 0.2) is 0 Å². The van der Waals surface area contributed by atoms with Crippen LogP contribution in [0.25, 0.3) is 0 Å². The third-order valence-corrected chi connectivity index (χ3v) is 3.62. The maximum atomic E-state index is 14.2. The first-order valence-electron chi connectivity index (χ1n) is 6.96. The number of rotatable bonds is 6. The van der Waals surface area contributed by atoms with Crippen molar-refractivity contribution in [2.75, 3.05) is 13.7 Å². The zero-order valence-electron chi connectivity index (χ0n) is 12.1. The van der Waals surface area contributed by atoms with Crippen LogP contribution in [0, 0.1) is 5.82 Å². The van der Waals surface area contributed by atoms with Crippen LogP contribution < -0.4 is 5.32 Å². The summed E-state index contributed by atoms with van der Waals surface area (Å²) in [6, 6.07) is 14.3. The second-order valence-corrected chi connectivity index (χ2v) is 5.16. The summed E-state index contributed by atoms with van der Waals surface area (Å²) in [6.45, 7) is 2.48. The van der Waals surface area contributed by atoms with Gasteiger partial charge in [0.1, 0.15) is 11.9 Å². The molecule has 2 nitrogen and oxygen atoms in total. The van der Waals surface area contributed by atoms with Crippen LogP contribution in [-0.4, -0.2) is 13.7 Å². The fraction of sp³-hybridized carbons (Fsp3) is 0.294. The van der Waals surface area contributed by atoms with E-state index in [0.29, 0.717) is 17.2 Å². The van der Waals surface area contributed by atoms with Gasteiger partial charge in [-0.15, -0.1) is 0 Å². The summed E-state index contributed by atoms with van der Waals surface area (Å²) in [6.07, 6.45) is -0.267. The number of likely N-dealkylation sites (N-methyl/N-ethyl adjacent to an activating group) is 1. The molecule has 0 radical (unpaired) electrons. The van der Waals surface area contributed by atoms with E-state index in [0.717, 1.165) is 5.56 Å². The van der Waals surface area contributed by atoms with Gasteiger partial charge in [0.25, 0.3) is 0 Å². The van der Waals surface area contributed by atoms with Crippen LogP contribution >= 0.6 is 11.6 Å². The van der Waals surface area contributed by atoms with E-state index in [4.69, 9.17) is 16.3 Å². The average molecular weight is 308 g/mol. The molecule has 0 aliphatic heterocycles. The molecular weight excluding hydrogens is 289 g/mol. The molecule has 0 heterocycles. The number of hydrogen-bond donors (Lipinski definition) is 1.